The molecule has 2 aromatic carbocycles. The molecule has 0 spiro atoms. The Bertz CT molecular complexity index is 1070. The van der Waals surface area contributed by atoms with Crippen molar-refractivity contribution in [1.29, 1.82) is 0 Å². The van der Waals surface area contributed by atoms with Gasteiger partial charge in [-0.05, 0) is 22.6 Å². The van der Waals surface area contributed by atoms with Gasteiger partial charge in [0.1, 0.15) is 18.5 Å². The lowest BCUT2D eigenvalue weighted by Crippen LogP contribution is -2.47. The normalized spacial score (nSPS) is 19.0. The number of halogens is 1. The summed E-state index contributed by atoms with van der Waals surface area (Å²) in [4.78, 5) is 27.5. The highest BCUT2D eigenvalue weighted by Crippen LogP contribution is 2.27. The minimum absolute atomic E-state index is 0.0127. The number of alkyl halides is 1. The number of aromatic nitrogens is 1. The molecule has 1 aromatic heterocycles. The van der Waals surface area contributed by atoms with Crippen molar-refractivity contribution in [1.82, 2.24) is 15.4 Å². The number of hydrogen-bond acceptors (Lipinski definition) is 4. The summed E-state index contributed by atoms with van der Waals surface area (Å²) in [6, 6.07) is 16.5. The maximum Gasteiger partial charge on any atom is 0.243 e. The number of nitrogens with one attached hydrogen (secondary N) is 1. The molecule has 3 aromatic rings. The summed E-state index contributed by atoms with van der Waals surface area (Å²) in [6.45, 7) is 4.16. The van der Waals surface area contributed by atoms with Crippen molar-refractivity contribution in [2.24, 2.45) is 0 Å². The first kappa shape index (κ1) is 22.7. The standard InChI is InChI=1S/C26H28FN3O3/c1-17(2)19-8-10-21(11-9-19)25(20-6-4-3-5-7-20)29-26(32)23-13-22(27)15-30(23)24(31)12-18-14-28-33-16-18/h3-11,14,16-17,22-23,25H,12-13,15H2,1-2H3,(H,29,32)/t22-,23+,25+/m1/s1. The van der Waals surface area contributed by atoms with Gasteiger partial charge in [-0.25, -0.2) is 4.39 Å². The minimum Gasteiger partial charge on any atom is -0.364 e. The largest absolute Gasteiger partial charge is 0.364 e. The van der Waals surface area contributed by atoms with Crippen LogP contribution >= 0.6 is 0 Å². The van der Waals surface area contributed by atoms with Crippen molar-refractivity contribution in [2.75, 3.05) is 6.54 Å². The average Bonchev–Trinajstić information content (AvgIpc) is 3.47. The van der Waals surface area contributed by atoms with Crippen molar-refractivity contribution in [3.8, 4) is 0 Å². The number of nitrogens with zero attached hydrogens (tertiary/aromatic N) is 2. The third kappa shape index (κ3) is 5.30. The lowest BCUT2D eigenvalue weighted by molar-refractivity contribution is -0.138. The zero-order valence-corrected chi connectivity index (χ0v) is 18.8. The molecule has 1 fully saturated rings. The first-order valence-electron chi connectivity index (χ1n) is 11.2. The topological polar surface area (TPSA) is 75.4 Å². The molecule has 4 rings (SSSR count). The molecule has 7 heteroatoms. The molecule has 3 atom stereocenters. The molecule has 6 nitrogen and oxygen atoms in total. The summed E-state index contributed by atoms with van der Waals surface area (Å²) in [5, 5.41) is 6.67. The summed E-state index contributed by atoms with van der Waals surface area (Å²) >= 11 is 0. The first-order chi connectivity index (χ1) is 15.9. The quantitative estimate of drug-likeness (QED) is 0.587. The summed E-state index contributed by atoms with van der Waals surface area (Å²) in [5.41, 5.74) is 3.64. The van der Waals surface area contributed by atoms with Gasteiger partial charge in [-0.15, -0.1) is 0 Å². The van der Waals surface area contributed by atoms with Crippen LogP contribution in [0.4, 0.5) is 4.39 Å². The summed E-state index contributed by atoms with van der Waals surface area (Å²) in [6.07, 6.45) is 1.57. The van der Waals surface area contributed by atoms with Crippen molar-refractivity contribution in [3.63, 3.8) is 0 Å². The number of likely N-dealkylation sites (tertiary alicyclic amines) is 1. The van der Waals surface area contributed by atoms with E-state index in [0.29, 0.717) is 11.5 Å². The molecule has 0 bridgehead atoms. The predicted octanol–water partition coefficient (Wildman–Crippen LogP) is 4.19. The van der Waals surface area contributed by atoms with Gasteiger partial charge in [0.05, 0.1) is 25.2 Å². The number of benzene rings is 2. The van der Waals surface area contributed by atoms with Crippen LogP contribution in [0.1, 0.15) is 54.5 Å². The van der Waals surface area contributed by atoms with E-state index in [1.807, 2.05) is 42.5 Å². The number of rotatable bonds is 7. The molecule has 2 amide bonds. The Kier molecular flexibility index (Phi) is 6.87. The number of carbonyl (C=O) groups excluding carboxylic acids is 2. The highest BCUT2D eigenvalue weighted by atomic mass is 19.1. The third-order valence-corrected chi connectivity index (χ3v) is 6.07. The second kappa shape index (κ2) is 9.98. The Balaban J connectivity index is 1.56. The van der Waals surface area contributed by atoms with E-state index >= 15 is 0 Å². The fraction of sp³-hybridized carbons (Fsp3) is 0.346. The third-order valence-electron chi connectivity index (χ3n) is 6.07. The SMILES string of the molecule is CC(C)c1ccc([C@@H](NC(=O)[C@@H]2C[C@@H](F)CN2C(=O)Cc2cnoc2)c2ccccc2)cc1. The molecule has 0 saturated carbocycles. The molecular formula is C26H28FN3O3. The van der Waals surface area contributed by atoms with Crippen LogP contribution in [0.5, 0.6) is 0 Å². The summed E-state index contributed by atoms with van der Waals surface area (Å²) < 4.78 is 19.1. The minimum atomic E-state index is -1.24. The lowest BCUT2D eigenvalue weighted by Gasteiger charge is -2.27. The fourth-order valence-corrected chi connectivity index (χ4v) is 4.22. The molecule has 1 aliphatic rings. The van der Waals surface area contributed by atoms with Crippen LogP contribution in [-0.2, 0) is 16.0 Å². The van der Waals surface area contributed by atoms with Crippen molar-refractivity contribution >= 4 is 11.8 Å². The van der Waals surface area contributed by atoms with Crippen LogP contribution in [-0.4, -0.2) is 40.6 Å². The van der Waals surface area contributed by atoms with Gasteiger partial charge in [-0.2, -0.15) is 0 Å². The zero-order valence-electron chi connectivity index (χ0n) is 18.8. The molecule has 1 N–H and O–H groups in total. The van der Waals surface area contributed by atoms with Gasteiger partial charge in [-0.1, -0.05) is 73.6 Å². The van der Waals surface area contributed by atoms with Crippen LogP contribution in [0.15, 0.2) is 71.6 Å². The number of amides is 2. The summed E-state index contributed by atoms with van der Waals surface area (Å²) in [7, 11) is 0. The number of hydrogen-bond donors (Lipinski definition) is 1. The van der Waals surface area contributed by atoms with E-state index in [9.17, 15) is 14.0 Å². The van der Waals surface area contributed by atoms with Crippen molar-refractivity contribution in [3.05, 3.63) is 89.3 Å². The predicted molar refractivity (Wildman–Crippen MR) is 122 cm³/mol. The number of carbonyl (C=O) groups is 2. The maximum atomic E-state index is 14.3. The van der Waals surface area contributed by atoms with E-state index in [1.165, 1.54) is 22.9 Å². The highest BCUT2D eigenvalue weighted by Gasteiger charge is 2.40. The van der Waals surface area contributed by atoms with Crippen molar-refractivity contribution in [2.45, 2.75) is 50.9 Å². The average molecular weight is 450 g/mol. The summed E-state index contributed by atoms with van der Waals surface area (Å²) in [5.74, 6) is -0.291. The molecule has 172 valence electrons. The smallest absolute Gasteiger partial charge is 0.243 e. The molecule has 1 saturated heterocycles. The van der Waals surface area contributed by atoms with Crippen LogP contribution in [0.3, 0.4) is 0 Å². The monoisotopic (exact) mass is 449 g/mol. The van der Waals surface area contributed by atoms with E-state index < -0.39 is 18.3 Å². The van der Waals surface area contributed by atoms with Crippen LogP contribution < -0.4 is 5.32 Å². The fourth-order valence-electron chi connectivity index (χ4n) is 4.22. The van der Waals surface area contributed by atoms with E-state index in [4.69, 9.17) is 4.52 Å². The molecule has 0 aliphatic carbocycles. The zero-order chi connectivity index (χ0) is 23.4. The molecule has 0 unspecified atom stereocenters. The van der Waals surface area contributed by atoms with Gasteiger partial charge < -0.3 is 14.7 Å². The molecule has 2 heterocycles. The van der Waals surface area contributed by atoms with Gasteiger partial charge >= 0.3 is 0 Å². The Morgan fingerprint density at radius 3 is 2.39 bits per heavy atom. The molecular weight excluding hydrogens is 421 g/mol. The van der Waals surface area contributed by atoms with Gasteiger partial charge in [0.15, 0.2) is 0 Å². The van der Waals surface area contributed by atoms with E-state index in [-0.39, 0.29) is 31.2 Å². The second-order valence-electron chi connectivity index (χ2n) is 8.78. The van der Waals surface area contributed by atoms with Gasteiger partial charge in [-0.3, -0.25) is 9.59 Å². The maximum absolute atomic E-state index is 14.3. The van der Waals surface area contributed by atoms with E-state index in [1.54, 1.807) is 0 Å². The molecule has 0 radical (unpaired) electrons. The van der Waals surface area contributed by atoms with Crippen molar-refractivity contribution < 1.29 is 18.5 Å². The molecule has 33 heavy (non-hydrogen) atoms. The molecule has 1 aliphatic heterocycles. The Morgan fingerprint density at radius 1 is 1.09 bits per heavy atom. The highest BCUT2D eigenvalue weighted by molar-refractivity contribution is 5.89. The van der Waals surface area contributed by atoms with E-state index in [2.05, 4.69) is 36.5 Å². The van der Waals surface area contributed by atoms with Crippen LogP contribution in [0.25, 0.3) is 0 Å². The Morgan fingerprint density at radius 2 is 1.76 bits per heavy atom. The van der Waals surface area contributed by atoms with Gasteiger partial charge in [0.25, 0.3) is 0 Å². The first-order valence-corrected chi connectivity index (χ1v) is 11.2. The Labute approximate surface area is 192 Å². The Hall–Kier alpha value is -3.48. The van der Waals surface area contributed by atoms with Crippen LogP contribution in [0, 0.1) is 0 Å². The second-order valence-corrected chi connectivity index (χ2v) is 8.78. The van der Waals surface area contributed by atoms with Crippen LogP contribution in [0.2, 0.25) is 0 Å². The van der Waals surface area contributed by atoms with E-state index in [0.717, 1.165) is 11.1 Å². The lowest BCUT2D eigenvalue weighted by atomic mass is 9.95. The van der Waals surface area contributed by atoms with Gasteiger partial charge in [0, 0.05) is 12.0 Å². The van der Waals surface area contributed by atoms with Gasteiger partial charge in [0.2, 0.25) is 11.8 Å².